The van der Waals surface area contributed by atoms with Crippen LogP contribution in [0.1, 0.15) is 51.9 Å². The highest BCUT2D eigenvalue weighted by Crippen LogP contribution is 2.39. The third-order valence-corrected chi connectivity index (χ3v) is 5.37. The van der Waals surface area contributed by atoms with Crippen LogP contribution < -0.4 is 5.32 Å². The van der Waals surface area contributed by atoms with E-state index >= 15 is 0 Å². The van der Waals surface area contributed by atoms with Gasteiger partial charge in [0.25, 0.3) is 0 Å². The van der Waals surface area contributed by atoms with Crippen molar-refractivity contribution in [1.82, 2.24) is 4.90 Å². The van der Waals surface area contributed by atoms with Gasteiger partial charge in [0.2, 0.25) is 13.3 Å². The van der Waals surface area contributed by atoms with Crippen LogP contribution >= 0.6 is 11.6 Å². The van der Waals surface area contributed by atoms with Crippen molar-refractivity contribution in [3.63, 3.8) is 0 Å². The molecule has 4 aliphatic rings. The number of rotatable bonds is 2. The Kier molecular flexibility index (Phi) is 11.5. The van der Waals surface area contributed by atoms with E-state index < -0.39 is 6.93 Å². The zero-order valence-corrected chi connectivity index (χ0v) is 16.5. The van der Waals surface area contributed by atoms with Crippen molar-refractivity contribution >= 4 is 23.7 Å². The maximum Gasteiger partial charge on any atom is 0.229 e. The zero-order valence-electron chi connectivity index (χ0n) is 15.8. The first kappa shape index (κ1) is 22.8. The van der Waals surface area contributed by atoms with Crippen molar-refractivity contribution in [3.05, 3.63) is 29.3 Å². The third-order valence-electron chi connectivity index (χ3n) is 5.11. The van der Waals surface area contributed by atoms with Gasteiger partial charge in [-0.25, -0.2) is 8.78 Å². The largest absolute Gasteiger partial charge is 0.329 e. The number of carbonyl (C=O) groups excluding carboxylic acids is 1. The van der Waals surface area contributed by atoms with Crippen molar-refractivity contribution in [2.45, 2.75) is 64.0 Å². The van der Waals surface area contributed by atoms with Crippen molar-refractivity contribution in [1.29, 1.82) is 0 Å². The van der Waals surface area contributed by atoms with Crippen molar-refractivity contribution in [2.75, 3.05) is 19.3 Å². The predicted octanol–water partition coefficient (Wildman–Crippen LogP) is 5.84. The maximum absolute atomic E-state index is 9.92. The molecule has 0 aromatic heterocycles. The minimum atomic E-state index is -1.75. The topological polar surface area (TPSA) is 32.3 Å². The average Bonchev–Trinajstić information content (AvgIpc) is 2.56. The van der Waals surface area contributed by atoms with Crippen molar-refractivity contribution in [2.24, 2.45) is 5.92 Å². The lowest BCUT2D eigenvalue weighted by molar-refractivity contribution is -0.105. The second-order valence-corrected chi connectivity index (χ2v) is 7.51. The molecule has 2 saturated carbocycles. The molecule has 1 N–H and O–H groups in total. The summed E-state index contributed by atoms with van der Waals surface area (Å²) in [6, 6.07) is 8.81. The standard InChI is InChI=1S/C8H15N.C7H6ClNO.C4H8.CH2F2/c1-6-3-7-5-8(4-6)9(7)2;8-6-1-3-7(4-2-6)9-5-10;1-2-4-3-1;2-1-3/h6-8H,3-5H2,1-2H3;1-5H,(H,9,10);1-4H2;1H2/t6?,7-,8?;;;/m1.../s1. The lowest BCUT2D eigenvalue weighted by Gasteiger charge is -2.53. The van der Waals surface area contributed by atoms with Crippen molar-refractivity contribution in [3.8, 4) is 0 Å². The fraction of sp³-hybridized carbons (Fsp3) is 0.650. The zero-order chi connectivity index (χ0) is 19.4. The van der Waals surface area contributed by atoms with Gasteiger partial charge in [-0.05, 0) is 56.5 Å². The van der Waals surface area contributed by atoms with E-state index in [4.69, 9.17) is 11.6 Å². The summed E-state index contributed by atoms with van der Waals surface area (Å²) in [5.41, 5.74) is 0.749. The number of fused-ring (bicyclic) bond motifs is 2. The minimum absolute atomic E-state index is 0.628. The molecule has 2 aliphatic carbocycles. The molecular formula is C20H31ClF2N2O. The molecule has 26 heavy (non-hydrogen) atoms. The summed E-state index contributed by atoms with van der Waals surface area (Å²) < 4.78 is 19.2. The van der Waals surface area contributed by atoms with Gasteiger partial charge in [-0.15, -0.1) is 0 Å². The Morgan fingerprint density at radius 2 is 1.54 bits per heavy atom. The number of alkyl halides is 2. The second-order valence-electron chi connectivity index (χ2n) is 7.07. The summed E-state index contributed by atoms with van der Waals surface area (Å²) in [5.74, 6) is 1.00. The van der Waals surface area contributed by atoms with Crippen LogP contribution in [0.3, 0.4) is 0 Å². The van der Waals surface area contributed by atoms with E-state index in [2.05, 4.69) is 24.2 Å². The molecule has 3 nitrogen and oxygen atoms in total. The van der Waals surface area contributed by atoms with Crippen LogP contribution in [-0.4, -0.2) is 37.4 Å². The molecule has 3 atom stereocenters. The predicted molar refractivity (Wildman–Crippen MR) is 105 cm³/mol. The molecule has 2 unspecified atom stereocenters. The molecule has 2 saturated heterocycles. The number of piperidine rings is 1. The van der Waals surface area contributed by atoms with Gasteiger partial charge in [0.15, 0.2) is 0 Å². The molecule has 1 aromatic rings. The van der Waals surface area contributed by atoms with Gasteiger partial charge in [0.1, 0.15) is 0 Å². The first-order valence-corrected chi connectivity index (χ1v) is 9.69. The quantitative estimate of drug-likeness (QED) is 0.645. The first-order chi connectivity index (χ1) is 12.5. The number of carbonyl (C=O) groups is 1. The fourth-order valence-corrected chi connectivity index (χ4v) is 3.35. The summed E-state index contributed by atoms with van der Waals surface area (Å²) >= 11 is 5.60. The van der Waals surface area contributed by atoms with E-state index in [1.807, 2.05) is 0 Å². The normalized spacial score (nSPS) is 25.3. The van der Waals surface area contributed by atoms with Crippen LogP contribution in [0, 0.1) is 5.92 Å². The SMILES string of the molecule is C1CCC1.CC1CC2C[C@@H](C1)N2C.FCF.O=CNc1ccc(Cl)cc1. The number of amides is 1. The highest BCUT2D eigenvalue weighted by atomic mass is 35.5. The Morgan fingerprint density at radius 1 is 1.08 bits per heavy atom. The smallest absolute Gasteiger partial charge is 0.229 e. The van der Waals surface area contributed by atoms with Crippen LogP contribution in [0.2, 0.25) is 5.02 Å². The Morgan fingerprint density at radius 3 is 1.85 bits per heavy atom. The third kappa shape index (κ3) is 8.45. The number of anilines is 1. The van der Waals surface area contributed by atoms with E-state index in [1.165, 1.54) is 44.9 Å². The molecule has 0 radical (unpaired) electrons. The summed E-state index contributed by atoms with van der Waals surface area (Å²) in [6.07, 6.45) is 11.0. The number of benzene rings is 1. The summed E-state index contributed by atoms with van der Waals surface area (Å²) in [4.78, 5) is 12.5. The van der Waals surface area contributed by atoms with Gasteiger partial charge in [-0.3, -0.25) is 4.79 Å². The molecule has 2 bridgehead atoms. The number of hydrogen-bond donors (Lipinski definition) is 1. The molecule has 6 heteroatoms. The Bertz CT molecular complexity index is 481. The van der Waals surface area contributed by atoms with Gasteiger partial charge in [0.05, 0.1) is 0 Å². The van der Waals surface area contributed by atoms with Crippen LogP contribution in [0.4, 0.5) is 14.5 Å². The van der Waals surface area contributed by atoms with Gasteiger partial charge >= 0.3 is 0 Å². The molecular weight excluding hydrogens is 358 g/mol. The summed E-state index contributed by atoms with van der Waals surface area (Å²) in [6.45, 7) is 0.631. The summed E-state index contributed by atoms with van der Waals surface area (Å²) in [7, 11) is 2.27. The minimum Gasteiger partial charge on any atom is -0.329 e. The van der Waals surface area contributed by atoms with Gasteiger partial charge in [-0.1, -0.05) is 44.2 Å². The van der Waals surface area contributed by atoms with Gasteiger partial charge in [0, 0.05) is 22.8 Å². The van der Waals surface area contributed by atoms with Gasteiger partial charge < -0.3 is 10.2 Å². The molecule has 1 amide bonds. The molecule has 2 aliphatic heterocycles. The molecule has 5 rings (SSSR count). The number of nitrogens with zero attached hydrogens (tertiary/aromatic N) is 1. The van der Waals surface area contributed by atoms with Crippen LogP contribution in [-0.2, 0) is 4.79 Å². The monoisotopic (exact) mass is 388 g/mol. The van der Waals surface area contributed by atoms with Crippen molar-refractivity contribution < 1.29 is 13.6 Å². The molecule has 4 fully saturated rings. The molecule has 2 heterocycles. The second kappa shape index (κ2) is 13.0. The number of hydrogen-bond acceptors (Lipinski definition) is 2. The lowest BCUT2D eigenvalue weighted by Crippen LogP contribution is -2.58. The van der Waals surface area contributed by atoms with E-state index in [0.29, 0.717) is 11.4 Å². The number of nitrogens with one attached hydrogen (secondary N) is 1. The highest BCUT2D eigenvalue weighted by molar-refractivity contribution is 6.30. The highest BCUT2D eigenvalue weighted by Gasteiger charge is 2.41. The van der Waals surface area contributed by atoms with E-state index in [1.54, 1.807) is 24.3 Å². The number of halogens is 3. The average molecular weight is 389 g/mol. The fourth-order valence-electron chi connectivity index (χ4n) is 3.22. The Hall–Kier alpha value is -1.20. The molecule has 0 spiro atoms. The Balaban J connectivity index is 0.000000193. The maximum atomic E-state index is 9.92. The van der Waals surface area contributed by atoms with Crippen LogP contribution in [0.5, 0.6) is 0 Å². The lowest BCUT2D eigenvalue weighted by atomic mass is 9.75. The van der Waals surface area contributed by atoms with E-state index in [0.717, 1.165) is 23.7 Å². The van der Waals surface area contributed by atoms with Crippen LogP contribution in [0.15, 0.2) is 24.3 Å². The van der Waals surface area contributed by atoms with Crippen LogP contribution in [0.25, 0.3) is 0 Å². The van der Waals surface area contributed by atoms with E-state index in [-0.39, 0.29) is 0 Å². The summed E-state index contributed by atoms with van der Waals surface area (Å²) in [5, 5.41) is 3.16. The first-order valence-electron chi connectivity index (χ1n) is 9.31. The van der Waals surface area contributed by atoms with E-state index in [9.17, 15) is 13.6 Å². The molecule has 148 valence electrons. The Labute approximate surface area is 161 Å². The molecule has 1 aromatic carbocycles. The van der Waals surface area contributed by atoms with Gasteiger partial charge in [-0.2, -0.15) is 0 Å².